The van der Waals surface area contributed by atoms with E-state index in [4.69, 9.17) is 14.7 Å². The molecule has 0 saturated carbocycles. The highest BCUT2D eigenvalue weighted by Gasteiger charge is 2.25. The monoisotopic (exact) mass is 298 g/mol. The Bertz CT molecular complexity index is 671. The lowest BCUT2D eigenvalue weighted by Gasteiger charge is -2.15. The Morgan fingerprint density at radius 3 is 2.45 bits per heavy atom. The van der Waals surface area contributed by atoms with Crippen molar-refractivity contribution in [3.05, 3.63) is 29.3 Å². The smallest absolute Gasteiger partial charge is 0.178 e. The summed E-state index contributed by atoms with van der Waals surface area (Å²) in [6, 6.07) is 8.80. The lowest BCUT2D eigenvalue weighted by Crippen LogP contribution is -2.21. The van der Waals surface area contributed by atoms with Crippen LogP contribution in [-0.2, 0) is 4.79 Å². The Kier molecular flexibility index (Phi) is 5.72. The zero-order chi connectivity index (χ0) is 16.8. The van der Waals surface area contributed by atoms with E-state index >= 15 is 0 Å². The molecule has 1 rings (SSSR count). The van der Waals surface area contributed by atoms with Crippen LogP contribution in [0.25, 0.3) is 6.08 Å². The van der Waals surface area contributed by atoms with Crippen molar-refractivity contribution in [3.8, 4) is 23.6 Å². The first-order valence-corrected chi connectivity index (χ1v) is 6.68. The van der Waals surface area contributed by atoms with Gasteiger partial charge in [0.15, 0.2) is 23.9 Å². The number of carbonyl (C=O) groups excluding carboxylic acids is 1. The van der Waals surface area contributed by atoms with Crippen LogP contribution in [0, 0.1) is 28.1 Å². The van der Waals surface area contributed by atoms with Gasteiger partial charge >= 0.3 is 0 Å². The van der Waals surface area contributed by atoms with Crippen LogP contribution in [0.2, 0.25) is 0 Å². The van der Waals surface area contributed by atoms with E-state index in [2.05, 4.69) is 0 Å². The van der Waals surface area contributed by atoms with Crippen molar-refractivity contribution in [2.24, 2.45) is 5.41 Å². The lowest BCUT2D eigenvalue weighted by molar-refractivity contribution is -0.121. The fourth-order valence-corrected chi connectivity index (χ4v) is 1.72. The summed E-state index contributed by atoms with van der Waals surface area (Å²) in [5.74, 6) is 0.644. The van der Waals surface area contributed by atoms with E-state index < -0.39 is 5.41 Å². The summed E-state index contributed by atoms with van der Waals surface area (Å²) < 4.78 is 10.4. The third-order valence-electron chi connectivity index (χ3n) is 2.84. The number of nitrogens with zero attached hydrogens (tertiary/aromatic N) is 2. The highest BCUT2D eigenvalue weighted by Crippen LogP contribution is 2.29. The molecule has 22 heavy (non-hydrogen) atoms. The number of ether oxygens (including phenoxy) is 2. The molecule has 0 aromatic heterocycles. The van der Waals surface area contributed by atoms with Crippen molar-refractivity contribution in [2.75, 3.05) is 13.7 Å². The molecule has 0 amide bonds. The number of hydrogen-bond acceptors (Lipinski definition) is 5. The van der Waals surface area contributed by atoms with Gasteiger partial charge in [0.25, 0.3) is 0 Å². The van der Waals surface area contributed by atoms with Crippen LogP contribution in [0.5, 0.6) is 11.5 Å². The average molecular weight is 298 g/mol. The largest absolute Gasteiger partial charge is 0.493 e. The molecule has 5 nitrogen and oxygen atoms in total. The van der Waals surface area contributed by atoms with Crippen LogP contribution < -0.4 is 9.47 Å². The second-order valence-corrected chi connectivity index (χ2v) is 5.61. The number of allylic oxidation sites excluding steroid dienone is 1. The number of nitriles is 2. The average Bonchev–Trinajstić information content (AvgIpc) is 2.49. The topological polar surface area (TPSA) is 83.1 Å². The third kappa shape index (κ3) is 4.36. The van der Waals surface area contributed by atoms with Gasteiger partial charge in [-0.25, -0.2) is 0 Å². The van der Waals surface area contributed by atoms with E-state index in [1.165, 1.54) is 13.2 Å². The Hall–Kier alpha value is -2.79. The van der Waals surface area contributed by atoms with Crippen molar-refractivity contribution in [2.45, 2.75) is 20.8 Å². The highest BCUT2D eigenvalue weighted by molar-refractivity contribution is 6.06. The maximum Gasteiger partial charge on any atom is 0.178 e. The van der Waals surface area contributed by atoms with Gasteiger partial charge in [0.2, 0.25) is 0 Å². The van der Waals surface area contributed by atoms with Crippen LogP contribution in [0.15, 0.2) is 23.8 Å². The number of carbonyl (C=O) groups is 1. The summed E-state index contributed by atoms with van der Waals surface area (Å²) in [5, 5.41) is 17.7. The summed E-state index contributed by atoms with van der Waals surface area (Å²) in [6.45, 7) is 5.21. The molecule has 0 bridgehead atoms. The Morgan fingerprint density at radius 1 is 1.27 bits per heavy atom. The summed E-state index contributed by atoms with van der Waals surface area (Å²) in [6.07, 6.45) is 1.52. The van der Waals surface area contributed by atoms with Crippen LogP contribution in [0.3, 0.4) is 0 Å². The van der Waals surface area contributed by atoms with E-state index in [-0.39, 0.29) is 18.0 Å². The van der Waals surface area contributed by atoms with Crippen LogP contribution in [0.4, 0.5) is 0 Å². The van der Waals surface area contributed by atoms with Gasteiger partial charge < -0.3 is 9.47 Å². The quantitative estimate of drug-likeness (QED) is 0.616. The fraction of sp³-hybridized carbons (Fsp3) is 0.353. The molecule has 0 spiro atoms. The standard InChI is InChI=1S/C17H18N2O3/c1-17(2,3)16(20)13(11-19)9-12-5-6-14(22-8-7-18)15(10-12)21-4/h5-6,9-10H,8H2,1-4H3/b13-9+. The summed E-state index contributed by atoms with van der Waals surface area (Å²) in [5.41, 5.74) is 0.108. The second-order valence-electron chi connectivity index (χ2n) is 5.61. The zero-order valence-electron chi connectivity index (χ0n) is 13.1. The molecule has 0 heterocycles. The highest BCUT2D eigenvalue weighted by atomic mass is 16.5. The van der Waals surface area contributed by atoms with Crippen molar-refractivity contribution in [1.29, 1.82) is 10.5 Å². The molecule has 0 saturated heterocycles. The minimum absolute atomic E-state index is 0.0836. The van der Waals surface area contributed by atoms with Gasteiger partial charge in [-0.2, -0.15) is 10.5 Å². The Morgan fingerprint density at radius 2 is 1.95 bits per heavy atom. The predicted molar refractivity (Wildman–Crippen MR) is 82.2 cm³/mol. The van der Waals surface area contributed by atoms with E-state index in [1.54, 1.807) is 39.0 Å². The third-order valence-corrected chi connectivity index (χ3v) is 2.84. The maximum absolute atomic E-state index is 12.2. The maximum atomic E-state index is 12.2. The molecule has 1 aromatic carbocycles. The first kappa shape index (κ1) is 17.3. The lowest BCUT2D eigenvalue weighted by atomic mass is 9.86. The van der Waals surface area contributed by atoms with E-state index in [9.17, 15) is 10.1 Å². The molecule has 1 aromatic rings. The molecule has 0 atom stereocenters. The molecule has 5 heteroatoms. The van der Waals surface area contributed by atoms with Gasteiger partial charge in [-0.15, -0.1) is 0 Å². The molecule has 0 aliphatic heterocycles. The van der Waals surface area contributed by atoms with Crippen molar-refractivity contribution >= 4 is 11.9 Å². The number of benzene rings is 1. The van der Waals surface area contributed by atoms with Crippen molar-refractivity contribution < 1.29 is 14.3 Å². The fourth-order valence-electron chi connectivity index (χ4n) is 1.72. The molecule has 0 N–H and O–H groups in total. The summed E-state index contributed by atoms with van der Waals surface area (Å²) in [4.78, 5) is 12.2. The van der Waals surface area contributed by atoms with Gasteiger partial charge in [-0.3, -0.25) is 4.79 Å². The zero-order valence-corrected chi connectivity index (χ0v) is 13.1. The van der Waals surface area contributed by atoms with Gasteiger partial charge in [-0.05, 0) is 23.8 Å². The number of hydrogen-bond donors (Lipinski definition) is 0. The van der Waals surface area contributed by atoms with Gasteiger partial charge in [-0.1, -0.05) is 26.8 Å². The van der Waals surface area contributed by atoms with Crippen LogP contribution >= 0.6 is 0 Å². The molecule has 0 aliphatic carbocycles. The molecular weight excluding hydrogens is 280 g/mol. The second kappa shape index (κ2) is 7.28. The molecule has 0 aliphatic rings. The van der Waals surface area contributed by atoms with Gasteiger partial charge in [0.05, 0.1) is 12.7 Å². The van der Waals surface area contributed by atoms with E-state index in [0.717, 1.165) is 0 Å². The molecule has 114 valence electrons. The molecule has 0 radical (unpaired) electrons. The first-order chi connectivity index (χ1) is 10.3. The van der Waals surface area contributed by atoms with E-state index in [0.29, 0.717) is 17.1 Å². The van der Waals surface area contributed by atoms with Gasteiger partial charge in [0.1, 0.15) is 12.1 Å². The van der Waals surface area contributed by atoms with Crippen molar-refractivity contribution in [1.82, 2.24) is 0 Å². The SMILES string of the molecule is COc1cc(/C=C(\C#N)C(=O)C(C)(C)C)ccc1OCC#N. The number of rotatable bonds is 5. The van der Waals surface area contributed by atoms with Gasteiger partial charge in [0, 0.05) is 5.41 Å². The molecule has 0 fully saturated rings. The molecular formula is C17H18N2O3. The number of Topliss-reactive ketones (excluding diaryl/α,β-unsaturated/α-hetero) is 1. The first-order valence-electron chi connectivity index (χ1n) is 6.68. The molecule has 0 unspecified atom stereocenters. The normalized spacial score (nSPS) is 11.3. The summed E-state index contributed by atoms with van der Waals surface area (Å²) >= 11 is 0. The minimum Gasteiger partial charge on any atom is -0.493 e. The van der Waals surface area contributed by atoms with Crippen LogP contribution in [0.1, 0.15) is 26.3 Å². The Balaban J connectivity index is 3.17. The summed E-state index contributed by atoms with van der Waals surface area (Å²) in [7, 11) is 1.48. The van der Waals surface area contributed by atoms with Crippen LogP contribution in [-0.4, -0.2) is 19.5 Å². The predicted octanol–water partition coefficient (Wildman–Crippen LogP) is 3.12. The number of ketones is 1. The Labute approximate surface area is 130 Å². The minimum atomic E-state index is -0.624. The van der Waals surface area contributed by atoms with E-state index in [1.807, 2.05) is 12.1 Å². The number of methoxy groups -OCH3 is 1. The van der Waals surface area contributed by atoms with Crippen molar-refractivity contribution in [3.63, 3.8) is 0 Å².